The van der Waals surface area contributed by atoms with E-state index in [9.17, 15) is 41.5 Å². The molecule has 9 N–H and O–H groups in total. The molecule has 21 heteroatoms. The summed E-state index contributed by atoms with van der Waals surface area (Å²) in [7, 11) is -9.67. The first-order chi connectivity index (χ1) is 22.6. The molecule has 0 amide bonds. The number of nitrogens with two attached hydrogens (primary N) is 1. The fourth-order valence-corrected chi connectivity index (χ4v) is 5.39. The van der Waals surface area contributed by atoms with E-state index in [1.807, 2.05) is 19.1 Å². The fraction of sp³-hybridized carbons (Fsp3) is 0.0370. The van der Waals surface area contributed by atoms with Crippen molar-refractivity contribution in [2.45, 2.75) is 11.8 Å². The molecular formula is C27H23N9O10S2. The molecule has 19 nitrogen and oxygen atoms in total. The van der Waals surface area contributed by atoms with E-state index in [2.05, 4.69) is 40.1 Å². The zero-order valence-corrected chi connectivity index (χ0v) is 25.9. The Kier molecular flexibility index (Phi) is 9.05. The van der Waals surface area contributed by atoms with Gasteiger partial charge in [0.05, 0.1) is 21.8 Å². The van der Waals surface area contributed by atoms with E-state index in [0.717, 1.165) is 23.8 Å². The zero-order valence-electron chi connectivity index (χ0n) is 24.2. The second-order valence-corrected chi connectivity index (χ2v) is 12.5. The third kappa shape index (κ3) is 7.51. The van der Waals surface area contributed by atoms with Crippen molar-refractivity contribution < 1.29 is 45.8 Å². The predicted molar refractivity (Wildman–Crippen MR) is 170 cm³/mol. The van der Waals surface area contributed by atoms with E-state index < -0.39 is 54.4 Å². The van der Waals surface area contributed by atoms with Crippen molar-refractivity contribution in [3.8, 4) is 11.8 Å². The van der Waals surface area contributed by atoms with Crippen molar-refractivity contribution in [2.24, 2.45) is 16.1 Å². The number of nitrogens with one attached hydrogen (secondary N) is 3. The van der Waals surface area contributed by atoms with Crippen LogP contribution in [0.2, 0.25) is 0 Å². The maximum Gasteiger partial charge on any atom is 0.357 e. The Balaban J connectivity index is 1.72. The van der Waals surface area contributed by atoms with Crippen LogP contribution in [0.5, 0.6) is 11.8 Å². The minimum absolute atomic E-state index is 0.136. The monoisotopic (exact) mass is 697 g/mol. The van der Waals surface area contributed by atoms with Crippen LogP contribution in [0.15, 0.2) is 81.9 Å². The number of aromatic hydroxyl groups is 2. The minimum Gasteiger partial charge on any atom is -0.505 e. The summed E-state index contributed by atoms with van der Waals surface area (Å²) in [4.78, 5) is 22.8. The highest BCUT2D eigenvalue weighted by Gasteiger charge is 2.24. The number of aromatic carboxylic acids is 1. The first-order valence-corrected chi connectivity index (χ1v) is 16.0. The van der Waals surface area contributed by atoms with E-state index in [0.29, 0.717) is 5.69 Å². The SMILES string of the molecule is Cc1ccc(Nc2nc(O)nc(Nc3cc(S(=O)(=O)ON)cc4cc(NS(=O)(=O)O)c(N=Nc5ccccc5C(=O)O)c(O)c34)n2)cc1. The minimum atomic E-state index is -5.03. The Bertz CT molecular complexity index is 2320. The highest BCUT2D eigenvalue weighted by Crippen LogP contribution is 2.47. The molecule has 5 aromatic rings. The molecule has 0 spiro atoms. The Hall–Kier alpha value is -6.00. The van der Waals surface area contributed by atoms with Crippen molar-refractivity contribution >= 4 is 77.5 Å². The highest BCUT2D eigenvalue weighted by atomic mass is 32.2. The first kappa shape index (κ1) is 33.4. The number of benzene rings is 4. The van der Waals surface area contributed by atoms with Crippen LogP contribution >= 0.6 is 0 Å². The second kappa shape index (κ2) is 13.0. The molecule has 0 radical (unpaired) electrons. The summed E-state index contributed by atoms with van der Waals surface area (Å²) >= 11 is 0. The number of aromatic nitrogens is 3. The number of anilines is 5. The van der Waals surface area contributed by atoms with Gasteiger partial charge in [0.1, 0.15) is 5.69 Å². The van der Waals surface area contributed by atoms with Crippen molar-refractivity contribution in [3.05, 3.63) is 77.9 Å². The quantitative estimate of drug-likeness (QED) is 0.0546. The second-order valence-electron chi connectivity index (χ2n) is 9.74. The Morgan fingerprint density at radius 2 is 1.54 bits per heavy atom. The van der Waals surface area contributed by atoms with Crippen LogP contribution in [0.3, 0.4) is 0 Å². The number of azo groups is 1. The van der Waals surface area contributed by atoms with E-state index in [1.54, 1.807) is 16.9 Å². The topological polar surface area (TPSA) is 301 Å². The fourth-order valence-electron chi connectivity index (χ4n) is 4.31. The molecule has 0 aliphatic heterocycles. The summed E-state index contributed by atoms with van der Waals surface area (Å²) in [6.45, 7) is 1.88. The van der Waals surface area contributed by atoms with Gasteiger partial charge in [0, 0.05) is 11.1 Å². The van der Waals surface area contributed by atoms with Gasteiger partial charge < -0.3 is 26.0 Å². The average molecular weight is 698 g/mol. The number of aryl methyl sites for hydroxylation is 1. The Morgan fingerprint density at radius 1 is 0.875 bits per heavy atom. The molecule has 0 aliphatic carbocycles. The Morgan fingerprint density at radius 3 is 2.19 bits per heavy atom. The van der Waals surface area contributed by atoms with Crippen molar-refractivity contribution in [3.63, 3.8) is 0 Å². The number of fused-ring (bicyclic) bond motifs is 1. The highest BCUT2D eigenvalue weighted by molar-refractivity contribution is 7.87. The molecule has 0 atom stereocenters. The summed E-state index contributed by atoms with van der Waals surface area (Å²) in [6, 6.07) is 14.6. The van der Waals surface area contributed by atoms with Crippen molar-refractivity contribution in [1.29, 1.82) is 0 Å². The number of carboxylic acids is 1. The van der Waals surface area contributed by atoms with Crippen LogP contribution in [0.1, 0.15) is 15.9 Å². The van der Waals surface area contributed by atoms with Crippen LogP contribution in [0.4, 0.5) is 40.3 Å². The molecule has 0 unspecified atom stereocenters. The molecule has 0 aliphatic rings. The first-order valence-electron chi connectivity index (χ1n) is 13.2. The van der Waals surface area contributed by atoms with Crippen LogP contribution in [-0.2, 0) is 24.7 Å². The van der Waals surface area contributed by atoms with Crippen LogP contribution in [0.25, 0.3) is 10.8 Å². The molecule has 0 saturated carbocycles. The van der Waals surface area contributed by atoms with Gasteiger partial charge in [0.2, 0.25) is 11.9 Å². The number of hydrogen-bond donors (Lipinski definition) is 8. The van der Waals surface area contributed by atoms with Gasteiger partial charge in [0.25, 0.3) is 0 Å². The van der Waals surface area contributed by atoms with Crippen LogP contribution in [-0.4, -0.2) is 57.6 Å². The van der Waals surface area contributed by atoms with Gasteiger partial charge in [-0.25, -0.2) is 4.79 Å². The summed E-state index contributed by atoms with van der Waals surface area (Å²) < 4.78 is 64.3. The molecule has 1 aromatic heterocycles. The average Bonchev–Trinajstić information content (AvgIpc) is 3.00. The van der Waals surface area contributed by atoms with E-state index in [-0.39, 0.29) is 39.6 Å². The van der Waals surface area contributed by atoms with Gasteiger partial charge in [-0.3, -0.25) is 9.27 Å². The number of phenolic OH excluding ortho intramolecular Hbond substituents is 1. The summed E-state index contributed by atoms with van der Waals surface area (Å²) in [5, 5.41) is 44.0. The number of phenols is 1. The number of carboxylic acid groups (broad SMARTS) is 1. The molecule has 248 valence electrons. The summed E-state index contributed by atoms with van der Waals surface area (Å²) in [5.74, 6) is 2.28. The van der Waals surface area contributed by atoms with Crippen LogP contribution in [0, 0.1) is 6.92 Å². The number of hydrogen-bond acceptors (Lipinski definition) is 16. The van der Waals surface area contributed by atoms with Gasteiger partial charge in [-0.2, -0.15) is 42.0 Å². The molecule has 0 fully saturated rings. The van der Waals surface area contributed by atoms with Crippen LogP contribution < -0.4 is 21.3 Å². The molecular weight excluding hydrogens is 674 g/mol. The molecule has 48 heavy (non-hydrogen) atoms. The molecule has 0 saturated heterocycles. The lowest BCUT2D eigenvalue weighted by Gasteiger charge is -2.16. The normalized spacial score (nSPS) is 11.9. The lowest BCUT2D eigenvalue weighted by atomic mass is 10.0. The third-order valence-electron chi connectivity index (χ3n) is 6.38. The van der Waals surface area contributed by atoms with Gasteiger partial charge >= 0.3 is 32.4 Å². The maximum atomic E-state index is 12.6. The van der Waals surface area contributed by atoms with Gasteiger partial charge in [-0.05, 0) is 54.8 Å². The van der Waals surface area contributed by atoms with E-state index >= 15 is 0 Å². The Labute approximate surface area is 270 Å². The predicted octanol–water partition coefficient (Wildman–Crippen LogP) is 4.14. The third-order valence-corrected chi connectivity index (χ3v) is 7.93. The summed E-state index contributed by atoms with van der Waals surface area (Å²) in [5.41, 5.74) is -0.444. The standard InChI is InChI=1S/C27H23N9O10S2/c1-13-6-8-15(9-7-13)29-25-31-26(33-27(40)32-25)30-19-12-16(47(41,42)46-28)10-14-11-20(36-48(43,44)45)22(23(37)21(14)19)35-34-18-5-3-2-4-17(18)24(38)39/h2-12,36-37H,28H2,1H3,(H,38,39)(H,43,44,45)(H3,29,30,31,32,33,40). The molecule has 5 rings (SSSR count). The smallest absolute Gasteiger partial charge is 0.357 e. The van der Waals surface area contributed by atoms with E-state index in [1.165, 1.54) is 24.3 Å². The van der Waals surface area contributed by atoms with Gasteiger partial charge in [-0.15, -0.1) is 10.2 Å². The van der Waals surface area contributed by atoms with Crippen molar-refractivity contribution in [2.75, 3.05) is 15.4 Å². The maximum absolute atomic E-state index is 12.6. The lowest BCUT2D eigenvalue weighted by Crippen LogP contribution is -2.12. The lowest BCUT2D eigenvalue weighted by molar-refractivity contribution is 0.0697. The molecule has 4 aromatic carbocycles. The largest absolute Gasteiger partial charge is 0.505 e. The van der Waals surface area contributed by atoms with Crippen molar-refractivity contribution in [1.82, 2.24) is 15.0 Å². The number of rotatable bonds is 11. The van der Waals surface area contributed by atoms with E-state index in [4.69, 9.17) is 5.90 Å². The molecule has 1 heterocycles. The number of nitrogens with zero attached hydrogens (tertiary/aromatic N) is 5. The molecule has 0 bridgehead atoms. The zero-order chi connectivity index (χ0) is 34.8. The number of carbonyl (C=O) groups is 1. The van der Waals surface area contributed by atoms with Gasteiger partial charge in [-0.1, -0.05) is 29.8 Å². The van der Waals surface area contributed by atoms with Gasteiger partial charge in [0.15, 0.2) is 11.4 Å². The summed E-state index contributed by atoms with van der Waals surface area (Å²) in [6.07, 6.45) is 0.